The van der Waals surface area contributed by atoms with E-state index in [-0.39, 0.29) is 22.8 Å². The van der Waals surface area contributed by atoms with Crippen LogP contribution in [0.3, 0.4) is 0 Å². The summed E-state index contributed by atoms with van der Waals surface area (Å²) in [6, 6.07) is 9.38. The fourth-order valence-electron chi connectivity index (χ4n) is 3.03. The monoisotopic (exact) mass is 431 g/mol. The number of sulfonamides is 1. The first kappa shape index (κ1) is 19.8. The van der Waals surface area contributed by atoms with Gasteiger partial charge < -0.3 is 4.74 Å². The fourth-order valence-corrected chi connectivity index (χ4v) is 4.11. The van der Waals surface area contributed by atoms with Crippen molar-refractivity contribution in [1.29, 1.82) is 0 Å². The van der Waals surface area contributed by atoms with E-state index in [9.17, 15) is 22.0 Å². The summed E-state index contributed by atoms with van der Waals surface area (Å²) in [6.45, 7) is 2.02. The number of hydrogen-bond acceptors (Lipinski definition) is 5. The molecule has 0 unspecified atom stereocenters. The maximum absolute atomic E-state index is 13.9. The molecule has 1 aliphatic heterocycles. The Bertz CT molecular complexity index is 1260. The number of benzene rings is 2. The van der Waals surface area contributed by atoms with Crippen LogP contribution in [-0.4, -0.2) is 25.9 Å². The van der Waals surface area contributed by atoms with Crippen LogP contribution >= 0.6 is 0 Å². The summed E-state index contributed by atoms with van der Waals surface area (Å²) < 4.78 is 60.5. The zero-order valence-electron chi connectivity index (χ0n) is 15.6. The van der Waals surface area contributed by atoms with E-state index in [1.165, 1.54) is 23.2 Å². The van der Waals surface area contributed by atoms with Gasteiger partial charge in [-0.2, -0.15) is 0 Å². The van der Waals surface area contributed by atoms with Gasteiger partial charge in [0.15, 0.2) is 11.6 Å². The van der Waals surface area contributed by atoms with Crippen LogP contribution in [-0.2, 0) is 10.0 Å². The van der Waals surface area contributed by atoms with Gasteiger partial charge in [0.2, 0.25) is 0 Å². The SMILES string of the molecule is CCN1C(=O)c2cc(S(=O)(=O)Nc3cc(F)ccc3F)ccc2Oc2cccnc21. The third-order valence-electron chi connectivity index (χ3n) is 4.45. The molecule has 0 aliphatic carbocycles. The van der Waals surface area contributed by atoms with Crippen LogP contribution in [0.4, 0.5) is 20.3 Å². The van der Waals surface area contributed by atoms with Crippen LogP contribution < -0.4 is 14.4 Å². The first-order valence-electron chi connectivity index (χ1n) is 8.87. The lowest BCUT2D eigenvalue weighted by Crippen LogP contribution is -2.30. The van der Waals surface area contributed by atoms with Crippen LogP contribution in [0.1, 0.15) is 17.3 Å². The molecule has 1 amide bonds. The smallest absolute Gasteiger partial charge is 0.263 e. The number of anilines is 2. The van der Waals surface area contributed by atoms with Gasteiger partial charge in [-0.1, -0.05) is 0 Å². The largest absolute Gasteiger partial charge is 0.453 e. The summed E-state index contributed by atoms with van der Waals surface area (Å²) in [5.74, 6) is -1.43. The number of carbonyl (C=O) groups is 1. The van der Waals surface area contributed by atoms with E-state index in [0.717, 1.165) is 24.3 Å². The van der Waals surface area contributed by atoms with Crippen LogP contribution in [0.2, 0.25) is 0 Å². The number of halogens is 2. The molecule has 2 aromatic carbocycles. The average Bonchev–Trinajstić information content (AvgIpc) is 2.83. The Kier molecular flexibility index (Phi) is 4.86. The van der Waals surface area contributed by atoms with Gasteiger partial charge in [0.25, 0.3) is 15.9 Å². The van der Waals surface area contributed by atoms with Crippen molar-refractivity contribution in [2.24, 2.45) is 0 Å². The Morgan fingerprint density at radius 1 is 1.10 bits per heavy atom. The molecule has 1 aromatic heterocycles. The van der Waals surface area contributed by atoms with Crippen LogP contribution in [0.5, 0.6) is 11.5 Å². The predicted octanol–water partition coefficient (Wildman–Crippen LogP) is 3.93. The second-order valence-electron chi connectivity index (χ2n) is 6.36. The summed E-state index contributed by atoms with van der Waals surface area (Å²) in [5.41, 5.74) is -0.545. The molecule has 0 spiro atoms. The second-order valence-corrected chi connectivity index (χ2v) is 8.05. The minimum absolute atomic E-state index is 0.00237. The van der Waals surface area contributed by atoms with Crippen molar-refractivity contribution < 1.29 is 26.7 Å². The molecule has 1 aliphatic rings. The number of nitrogens with zero attached hydrogens (tertiary/aromatic N) is 2. The minimum atomic E-state index is -4.31. The Hall–Kier alpha value is -3.53. The lowest BCUT2D eigenvalue weighted by Gasteiger charge is -2.18. The maximum atomic E-state index is 13.9. The molecule has 0 saturated carbocycles. The highest BCUT2D eigenvalue weighted by Gasteiger charge is 2.30. The highest BCUT2D eigenvalue weighted by molar-refractivity contribution is 7.92. The summed E-state index contributed by atoms with van der Waals surface area (Å²) in [4.78, 5) is 18.3. The molecule has 0 bridgehead atoms. The number of fused-ring (bicyclic) bond motifs is 2. The lowest BCUT2D eigenvalue weighted by atomic mass is 10.2. The van der Waals surface area contributed by atoms with Crippen molar-refractivity contribution in [2.75, 3.05) is 16.2 Å². The molecule has 7 nitrogen and oxygen atoms in total. The van der Waals surface area contributed by atoms with E-state index in [0.29, 0.717) is 11.6 Å². The zero-order chi connectivity index (χ0) is 21.5. The van der Waals surface area contributed by atoms with E-state index in [1.54, 1.807) is 19.1 Å². The molecule has 10 heteroatoms. The van der Waals surface area contributed by atoms with Crippen LogP contribution in [0.25, 0.3) is 0 Å². The lowest BCUT2D eigenvalue weighted by molar-refractivity contribution is 0.0987. The Morgan fingerprint density at radius 3 is 2.67 bits per heavy atom. The van der Waals surface area contributed by atoms with Crippen molar-refractivity contribution in [1.82, 2.24) is 4.98 Å². The summed E-state index contributed by atoms with van der Waals surface area (Å²) >= 11 is 0. The van der Waals surface area contributed by atoms with Gasteiger partial charge in [-0.05, 0) is 49.4 Å². The molecular weight excluding hydrogens is 416 g/mol. The van der Waals surface area contributed by atoms with Crippen LogP contribution in [0, 0.1) is 11.6 Å². The first-order chi connectivity index (χ1) is 14.3. The highest BCUT2D eigenvalue weighted by atomic mass is 32.2. The molecule has 1 N–H and O–H groups in total. The molecular formula is C20H15F2N3O4S. The molecule has 0 saturated heterocycles. The quantitative estimate of drug-likeness (QED) is 0.676. The van der Waals surface area contributed by atoms with Gasteiger partial charge in [-0.3, -0.25) is 14.4 Å². The third-order valence-corrected chi connectivity index (χ3v) is 5.82. The van der Waals surface area contributed by atoms with Crippen molar-refractivity contribution >= 4 is 27.4 Å². The number of aromatic nitrogens is 1. The number of nitrogens with one attached hydrogen (secondary N) is 1. The van der Waals surface area contributed by atoms with Crippen LogP contribution in [0.15, 0.2) is 59.6 Å². The number of rotatable bonds is 4. The molecule has 2 heterocycles. The molecule has 30 heavy (non-hydrogen) atoms. The van der Waals surface area contributed by atoms with E-state index in [2.05, 4.69) is 4.98 Å². The van der Waals surface area contributed by atoms with Crippen molar-refractivity contribution in [3.63, 3.8) is 0 Å². The normalized spacial score (nSPS) is 13.2. The molecule has 0 fully saturated rings. The van der Waals surface area contributed by atoms with E-state index >= 15 is 0 Å². The van der Waals surface area contributed by atoms with Crippen molar-refractivity contribution in [3.05, 3.63) is 71.9 Å². The fraction of sp³-hybridized carbons (Fsp3) is 0.100. The topological polar surface area (TPSA) is 88.6 Å². The Labute approximate surface area is 171 Å². The number of hydrogen-bond donors (Lipinski definition) is 1. The number of carbonyl (C=O) groups excluding carboxylic acids is 1. The summed E-state index contributed by atoms with van der Waals surface area (Å²) in [6.07, 6.45) is 1.52. The number of amides is 1. The predicted molar refractivity (Wildman–Crippen MR) is 105 cm³/mol. The van der Waals surface area contributed by atoms with Crippen molar-refractivity contribution in [2.45, 2.75) is 11.8 Å². The van der Waals surface area contributed by atoms with Gasteiger partial charge in [-0.15, -0.1) is 0 Å². The van der Waals surface area contributed by atoms with Gasteiger partial charge in [0, 0.05) is 18.8 Å². The highest BCUT2D eigenvalue weighted by Crippen LogP contribution is 2.38. The van der Waals surface area contributed by atoms with E-state index in [4.69, 9.17) is 4.74 Å². The second kappa shape index (κ2) is 7.38. The average molecular weight is 431 g/mol. The Balaban J connectivity index is 1.76. The van der Waals surface area contributed by atoms with Crippen molar-refractivity contribution in [3.8, 4) is 11.5 Å². The molecule has 154 valence electrons. The third kappa shape index (κ3) is 3.45. The van der Waals surface area contributed by atoms with Gasteiger partial charge in [-0.25, -0.2) is 22.2 Å². The van der Waals surface area contributed by atoms with E-state index in [1.807, 2.05) is 4.72 Å². The standard InChI is InChI=1S/C20H15F2N3O4S/c1-2-25-19-18(4-3-9-23-19)29-17-8-6-13(11-14(17)20(25)26)30(27,28)24-16-10-12(21)5-7-15(16)22/h3-11,24H,2H2,1H3. The summed E-state index contributed by atoms with van der Waals surface area (Å²) in [5, 5.41) is 0. The van der Waals surface area contributed by atoms with Gasteiger partial charge >= 0.3 is 0 Å². The maximum Gasteiger partial charge on any atom is 0.263 e. The molecule has 4 rings (SSSR count). The molecule has 0 radical (unpaired) electrons. The van der Waals surface area contributed by atoms with E-state index < -0.39 is 33.3 Å². The van der Waals surface area contributed by atoms with Gasteiger partial charge in [0.1, 0.15) is 17.4 Å². The molecule has 3 aromatic rings. The number of ether oxygens (including phenoxy) is 1. The summed E-state index contributed by atoms with van der Waals surface area (Å²) in [7, 11) is -4.31. The number of pyridine rings is 1. The van der Waals surface area contributed by atoms with Gasteiger partial charge in [0.05, 0.1) is 16.1 Å². The minimum Gasteiger partial charge on any atom is -0.453 e. The zero-order valence-corrected chi connectivity index (χ0v) is 16.4. The molecule has 0 atom stereocenters. The Morgan fingerprint density at radius 2 is 1.90 bits per heavy atom. The first-order valence-corrected chi connectivity index (χ1v) is 10.3.